The van der Waals surface area contributed by atoms with Crippen molar-refractivity contribution in [3.63, 3.8) is 0 Å². The van der Waals surface area contributed by atoms with E-state index in [1.807, 2.05) is 0 Å². The van der Waals surface area contributed by atoms with Crippen LogP contribution in [0.2, 0.25) is 0 Å². The van der Waals surface area contributed by atoms with Gasteiger partial charge in [0.15, 0.2) is 5.78 Å². The molecule has 0 bridgehead atoms. The van der Waals surface area contributed by atoms with Crippen LogP contribution in [-0.2, 0) is 4.79 Å². The van der Waals surface area contributed by atoms with E-state index in [9.17, 15) is 9.59 Å². The van der Waals surface area contributed by atoms with E-state index in [2.05, 4.69) is 4.98 Å². The predicted molar refractivity (Wildman–Crippen MR) is 57.3 cm³/mol. The molecule has 1 aliphatic carbocycles. The van der Waals surface area contributed by atoms with Crippen molar-refractivity contribution < 1.29 is 14.7 Å². The number of ketones is 1. The maximum absolute atomic E-state index is 11.6. The molecule has 16 heavy (non-hydrogen) atoms. The molecule has 0 radical (unpaired) electrons. The van der Waals surface area contributed by atoms with Crippen molar-refractivity contribution in [1.82, 2.24) is 4.98 Å². The quantitative estimate of drug-likeness (QED) is 0.785. The van der Waals surface area contributed by atoms with Crippen molar-refractivity contribution in [2.45, 2.75) is 25.7 Å². The van der Waals surface area contributed by atoms with Gasteiger partial charge < -0.3 is 5.11 Å². The summed E-state index contributed by atoms with van der Waals surface area (Å²) >= 11 is 0. The fourth-order valence-corrected chi connectivity index (χ4v) is 1.50. The summed E-state index contributed by atoms with van der Waals surface area (Å²) < 4.78 is 0. The second-order valence-corrected chi connectivity index (χ2v) is 4.18. The van der Waals surface area contributed by atoms with E-state index in [-0.39, 0.29) is 11.7 Å². The van der Waals surface area contributed by atoms with Gasteiger partial charge in [-0.15, -0.1) is 0 Å². The first-order valence-electron chi connectivity index (χ1n) is 5.32. The second-order valence-electron chi connectivity index (χ2n) is 4.18. The first kappa shape index (κ1) is 10.8. The van der Waals surface area contributed by atoms with Crippen LogP contribution < -0.4 is 0 Å². The molecule has 1 aromatic heterocycles. The normalized spacial score (nSPS) is 16.8. The van der Waals surface area contributed by atoms with Gasteiger partial charge in [-0.2, -0.15) is 0 Å². The van der Waals surface area contributed by atoms with E-state index >= 15 is 0 Å². The average Bonchev–Trinajstić information content (AvgIpc) is 3.11. The van der Waals surface area contributed by atoms with E-state index in [0.29, 0.717) is 11.3 Å². The topological polar surface area (TPSA) is 67.3 Å². The molecule has 0 spiro atoms. The number of nitrogens with zero attached hydrogens (tertiary/aromatic N) is 1. The lowest BCUT2D eigenvalue weighted by Crippen LogP contribution is -2.09. The number of carboxylic acids is 1. The number of aromatic nitrogens is 1. The number of carbonyl (C=O) groups excluding carboxylic acids is 1. The highest BCUT2D eigenvalue weighted by Crippen LogP contribution is 2.32. The van der Waals surface area contributed by atoms with Gasteiger partial charge in [-0.1, -0.05) is 6.07 Å². The van der Waals surface area contributed by atoms with Gasteiger partial charge in [-0.25, -0.2) is 0 Å². The fraction of sp³-hybridized carbons (Fsp3) is 0.417. The third kappa shape index (κ3) is 2.10. The lowest BCUT2D eigenvalue weighted by atomic mass is 10.0. The molecule has 1 aliphatic rings. The number of pyridine rings is 1. The molecule has 1 fully saturated rings. The maximum Gasteiger partial charge on any atom is 0.310 e. The predicted octanol–water partition coefficient (Wildman–Crippen LogP) is 1.86. The first-order valence-corrected chi connectivity index (χ1v) is 5.32. The fourth-order valence-electron chi connectivity index (χ4n) is 1.50. The molecule has 4 heteroatoms. The highest BCUT2D eigenvalue weighted by Gasteiger charge is 2.31. The summed E-state index contributed by atoms with van der Waals surface area (Å²) in [6, 6.07) is 3.29. The van der Waals surface area contributed by atoms with E-state index in [0.717, 1.165) is 12.8 Å². The van der Waals surface area contributed by atoms with Gasteiger partial charge in [0.05, 0.1) is 5.92 Å². The standard InChI is InChI=1S/C12H13NO3/c1-7(12(15)16)9-4-5-10(13-6-9)11(14)8-2-3-8/h4-8H,2-3H2,1H3,(H,15,16). The summed E-state index contributed by atoms with van der Waals surface area (Å²) in [4.78, 5) is 26.4. The van der Waals surface area contributed by atoms with Crippen molar-refractivity contribution in [2.75, 3.05) is 0 Å². The molecule has 0 aliphatic heterocycles. The van der Waals surface area contributed by atoms with Crippen LogP contribution in [0.25, 0.3) is 0 Å². The molecular formula is C12H13NO3. The van der Waals surface area contributed by atoms with Crippen LogP contribution >= 0.6 is 0 Å². The lowest BCUT2D eigenvalue weighted by Gasteiger charge is -2.06. The molecule has 84 valence electrons. The van der Waals surface area contributed by atoms with E-state index in [4.69, 9.17) is 5.11 Å². The van der Waals surface area contributed by atoms with Crippen LogP contribution in [0.1, 0.15) is 41.7 Å². The van der Waals surface area contributed by atoms with E-state index in [1.54, 1.807) is 19.1 Å². The minimum atomic E-state index is -0.886. The minimum Gasteiger partial charge on any atom is -0.481 e. The molecule has 1 unspecified atom stereocenters. The summed E-state index contributed by atoms with van der Waals surface area (Å²) in [6.07, 6.45) is 3.38. The Morgan fingerprint density at radius 2 is 2.12 bits per heavy atom. The van der Waals surface area contributed by atoms with Gasteiger partial charge in [0, 0.05) is 12.1 Å². The summed E-state index contributed by atoms with van der Waals surface area (Å²) in [5.74, 6) is -1.24. The van der Waals surface area contributed by atoms with Gasteiger partial charge in [-0.05, 0) is 31.4 Å². The SMILES string of the molecule is CC(C(=O)O)c1ccc(C(=O)C2CC2)nc1. The number of aliphatic carboxylic acids is 1. The minimum absolute atomic E-state index is 0.0783. The van der Waals surface area contributed by atoms with Gasteiger partial charge >= 0.3 is 5.97 Å². The molecule has 1 saturated carbocycles. The Kier molecular flexibility index (Phi) is 2.73. The highest BCUT2D eigenvalue weighted by molar-refractivity contribution is 5.97. The van der Waals surface area contributed by atoms with Gasteiger partial charge in [0.25, 0.3) is 0 Å². The second kappa shape index (κ2) is 4.04. The lowest BCUT2D eigenvalue weighted by molar-refractivity contribution is -0.138. The van der Waals surface area contributed by atoms with Crippen molar-refractivity contribution >= 4 is 11.8 Å². The summed E-state index contributed by atoms with van der Waals surface area (Å²) in [7, 11) is 0. The van der Waals surface area contributed by atoms with Crippen LogP contribution in [0.4, 0.5) is 0 Å². The molecular weight excluding hydrogens is 206 g/mol. The largest absolute Gasteiger partial charge is 0.481 e. The molecule has 2 rings (SSSR count). The molecule has 1 N–H and O–H groups in total. The van der Waals surface area contributed by atoms with Gasteiger partial charge in [0.1, 0.15) is 5.69 Å². The smallest absolute Gasteiger partial charge is 0.310 e. The molecule has 1 heterocycles. The summed E-state index contributed by atoms with van der Waals surface area (Å²) in [5, 5.41) is 8.82. The van der Waals surface area contributed by atoms with E-state index in [1.165, 1.54) is 6.20 Å². The third-order valence-electron chi connectivity index (χ3n) is 2.86. The molecule has 0 aromatic carbocycles. The van der Waals surface area contributed by atoms with Crippen molar-refractivity contribution in [3.8, 4) is 0 Å². The average molecular weight is 219 g/mol. The zero-order valence-corrected chi connectivity index (χ0v) is 9.01. The van der Waals surface area contributed by atoms with Crippen LogP contribution in [-0.4, -0.2) is 21.8 Å². The number of hydrogen-bond acceptors (Lipinski definition) is 3. The van der Waals surface area contributed by atoms with Crippen LogP contribution in [0.5, 0.6) is 0 Å². The number of Topliss-reactive ketones (excluding diaryl/α,β-unsaturated/α-hetero) is 1. The highest BCUT2D eigenvalue weighted by atomic mass is 16.4. The van der Waals surface area contributed by atoms with Crippen LogP contribution in [0.15, 0.2) is 18.3 Å². The maximum atomic E-state index is 11.6. The van der Waals surface area contributed by atoms with Crippen LogP contribution in [0.3, 0.4) is 0 Å². The monoisotopic (exact) mass is 219 g/mol. The van der Waals surface area contributed by atoms with Gasteiger partial charge in [0.2, 0.25) is 0 Å². The molecule has 1 aromatic rings. The Balaban J connectivity index is 2.15. The molecule has 4 nitrogen and oxygen atoms in total. The molecule has 0 saturated heterocycles. The Hall–Kier alpha value is -1.71. The Labute approximate surface area is 93.3 Å². The van der Waals surface area contributed by atoms with Crippen LogP contribution in [0, 0.1) is 5.92 Å². The third-order valence-corrected chi connectivity index (χ3v) is 2.86. The summed E-state index contributed by atoms with van der Waals surface area (Å²) in [5.41, 5.74) is 1.07. The van der Waals surface area contributed by atoms with E-state index < -0.39 is 11.9 Å². The Bertz CT molecular complexity index is 420. The number of rotatable bonds is 4. The molecule has 0 amide bonds. The number of carboxylic acid groups (broad SMARTS) is 1. The summed E-state index contributed by atoms with van der Waals surface area (Å²) in [6.45, 7) is 1.60. The molecule has 1 atom stereocenters. The van der Waals surface area contributed by atoms with Crippen molar-refractivity contribution in [2.24, 2.45) is 5.92 Å². The van der Waals surface area contributed by atoms with Crippen molar-refractivity contribution in [1.29, 1.82) is 0 Å². The van der Waals surface area contributed by atoms with Crippen molar-refractivity contribution in [3.05, 3.63) is 29.6 Å². The zero-order chi connectivity index (χ0) is 11.7. The zero-order valence-electron chi connectivity index (χ0n) is 9.01. The first-order chi connectivity index (χ1) is 7.59. The Morgan fingerprint density at radius 3 is 2.56 bits per heavy atom. The van der Waals surface area contributed by atoms with Gasteiger partial charge in [-0.3, -0.25) is 14.6 Å². The number of carbonyl (C=O) groups is 2. The number of hydrogen-bond donors (Lipinski definition) is 1. The Morgan fingerprint density at radius 1 is 1.44 bits per heavy atom.